The van der Waals surface area contributed by atoms with Crippen molar-refractivity contribution in [3.8, 4) is 0 Å². The van der Waals surface area contributed by atoms with Gasteiger partial charge in [0.1, 0.15) is 5.60 Å². The van der Waals surface area contributed by atoms with Gasteiger partial charge in [0.05, 0.1) is 6.54 Å². The molecule has 0 aromatic heterocycles. The molecule has 0 aliphatic carbocycles. The molecule has 0 aromatic carbocycles. The van der Waals surface area contributed by atoms with Crippen molar-refractivity contribution in [2.45, 2.75) is 51.2 Å². The summed E-state index contributed by atoms with van der Waals surface area (Å²) in [6, 6.07) is -0.420. The van der Waals surface area contributed by atoms with Gasteiger partial charge in [-0.3, -0.25) is 0 Å². The van der Waals surface area contributed by atoms with Crippen LogP contribution in [0.1, 0.15) is 33.6 Å². The van der Waals surface area contributed by atoms with Gasteiger partial charge in [-0.1, -0.05) is 0 Å². The number of carbonyl (C=O) groups excluding carboxylic acids is 1. The van der Waals surface area contributed by atoms with Gasteiger partial charge in [0.15, 0.2) is 0 Å². The quantitative estimate of drug-likeness (QED) is 0.715. The third-order valence-electron chi connectivity index (χ3n) is 2.41. The molecule has 1 fully saturated rings. The van der Waals surface area contributed by atoms with Gasteiger partial charge >= 0.3 is 6.09 Å². The Labute approximate surface area is 100 Å². The fourth-order valence-corrected chi connectivity index (χ4v) is 1.66. The fraction of sp³-hybridized carbons (Fsp3) is 0.909. The van der Waals surface area contributed by atoms with Crippen LogP contribution in [0.15, 0.2) is 0 Å². The van der Waals surface area contributed by atoms with E-state index in [9.17, 15) is 13.6 Å². The lowest BCUT2D eigenvalue weighted by atomic mass is 10.1. The van der Waals surface area contributed by atoms with E-state index in [1.54, 1.807) is 20.8 Å². The molecule has 1 amide bonds. The van der Waals surface area contributed by atoms with Gasteiger partial charge in [0, 0.05) is 19.0 Å². The Balaban J connectivity index is 2.70. The van der Waals surface area contributed by atoms with Crippen molar-refractivity contribution < 1.29 is 18.3 Å². The maximum atomic E-state index is 13.4. The summed E-state index contributed by atoms with van der Waals surface area (Å²) in [5.74, 6) is -2.88. The van der Waals surface area contributed by atoms with E-state index in [2.05, 4.69) is 0 Å². The standard InChI is InChI=1S/C11H20F2N2O2/c1-10(2,3)17-9(16)15-6-8(14)4-5-11(12,13)7-15/h8H,4-7,14H2,1-3H3. The van der Waals surface area contributed by atoms with Gasteiger partial charge in [0.25, 0.3) is 5.92 Å². The average molecular weight is 250 g/mol. The molecule has 1 atom stereocenters. The minimum Gasteiger partial charge on any atom is -0.444 e. The van der Waals surface area contributed by atoms with Crippen LogP contribution in [0, 0.1) is 0 Å². The number of hydrogen-bond acceptors (Lipinski definition) is 3. The van der Waals surface area contributed by atoms with Crippen LogP contribution in [0.3, 0.4) is 0 Å². The second-order valence-corrected chi connectivity index (χ2v) is 5.52. The van der Waals surface area contributed by atoms with Crippen LogP contribution in [0.5, 0.6) is 0 Å². The van der Waals surface area contributed by atoms with Crippen LogP contribution in [0.2, 0.25) is 0 Å². The van der Waals surface area contributed by atoms with Gasteiger partial charge in [-0.25, -0.2) is 13.6 Å². The van der Waals surface area contributed by atoms with Crippen LogP contribution >= 0.6 is 0 Å². The van der Waals surface area contributed by atoms with Crippen LogP contribution in [-0.2, 0) is 4.74 Å². The number of carbonyl (C=O) groups is 1. The summed E-state index contributed by atoms with van der Waals surface area (Å²) in [6.07, 6.45) is -0.797. The lowest BCUT2D eigenvalue weighted by Gasteiger charge is -2.28. The number of ether oxygens (including phenoxy) is 1. The predicted molar refractivity (Wildman–Crippen MR) is 60.0 cm³/mol. The Kier molecular flexibility index (Phi) is 3.96. The maximum Gasteiger partial charge on any atom is 0.410 e. The highest BCUT2D eigenvalue weighted by molar-refractivity contribution is 5.68. The normalized spacial score (nSPS) is 25.3. The first-order valence-corrected chi connectivity index (χ1v) is 5.70. The molecule has 100 valence electrons. The van der Waals surface area contributed by atoms with E-state index in [4.69, 9.17) is 10.5 Å². The van der Waals surface area contributed by atoms with Crippen LogP contribution < -0.4 is 5.73 Å². The Bertz CT molecular complexity index is 290. The predicted octanol–water partition coefficient (Wildman–Crippen LogP) is 1.98. The number of rotatable bonds is 0. The number of nitrogens with two attached hydrogens (primary N) is 1. The molecular weight excluding hydrogens is 230 g/mol. The zero-order valence-electron chi connectivity index (χ0n) is 10.5. The van der Waals surface area contributed by atoms with E-state index in [1.165, 1.54) is 0 Å². The minimum atomic E-state index is -2.88. The summed E-state index contributed by atoms with van der Waals surface area (Å²) >= 11 is 0. The summed E-state index contributed by atoms with van der Waals surface area (Å²) in [5, 5.41) is 0. The molecule has 1 saturated heterocycles. The van der Waals surface area contributed by atoms with Crippen LogP contribution in [-0.4, -0.2) is 41.6 Å². The second-order valence-electron chi connectivity index (χ2n) is 5.52. The number of nitrogens with zero attached hydrogens (tertiary/aromatic N) is 1. The third-order valence-corrected chi connectivity index (χ3v) is 2.41. The molecule has 0 saturated carbocycles. The van der Waals surface area contributed by atoms with E-state index in [1.807, 2.05) is 0 Å². The summed E-state index contributed by atoms with van der Waals surface area (Å²) in [6.45, 7) is 4.59. The maximum absolute atomic E-state index is 13.4. The third kappa shape index (κ3) is 4.85. The average Bonchev–Trinajstić information content (AvgIpc) is 2.23. The molecule has 1 unspecified atom stereocenters. The highest BCUT2D eigenvalue weighted by Gasteiger charge is 2.38. The number of likely N-dealkylation sites (tertiary alicyclic amines) is 1. The summed E-state index contributed by atoms with van der Waals surface area (Å²) < 4.78 is 31.8. The highest BCUT2D eigenvalue weighted by Crippen LogP contribution is 2.26. The number of hydrogen-bond donors (Lipinski definition) is 1. The Morgan fingerprint density at radius 3 is 2.59 bits per heavy atom. The van der Waals surface area contributed by atoms with E-state index in [-0.39, 0.29) is 19.4 Å². The lowest BCUT2D eigenvalue weighted by molar-refractivity contribution is -0.0388. The van der Waals surface area contributed by atoms with Crippen molar-refractivity contribution in [3.63, 3.8) is 0 Å². The van der Waals surface area contributed by atoms with Gasteiger partial charge in [-0.15, -0.1) is 0 Å². The van der Waals surface area contributed by atoms with E-state index in [0.29, 0.717) is 0 Å². The first kappa shape index (κ1) is 14.2. The molecule has 6 heteroatoms. The van der Waals surface area contributed by atoms with Crippen LogP contribution in [0.4, 0.5) is 13.6 Å². The highest BCUT2D eigenvalue weighted by atomic mass is 19.3. The van der Waals surface area contributed by atoms with Gasteiger partial charge < -0.3 is 15.4 Å². The molecule has 1 rings (SSSR count). The molecule has 0 bridgehead atoms. The van der Waals surface area contributed by atoms with Crippen LogP contribution in [0.25, 0.3) is 0 Å². The summed E-state index contributed by atoms with van der Waals surface area (Å²) in [4.78, 5) is 12.7. The van der Waals surface area contributed by atoms with Gasteiger partial charge in [-0.05, 0) is 27.2 Å². The zero-order valence-corrected chi connectivity index (χ0v) is 10.5. The molecule has 0 spiro atoms. The summed E-state index contributed by atoms with van der Waals surface area (Å²) in [7, 11) is 0. The molecule has 4 nitrogen and oxygen atoms in total. The molecule has 2 N–H and O–H groups in total. The van der Waals surface area contributed by atoms with Crippen molar-refractivity contribution in [1.82, 2.24) is 4.90 Å². The smallest absolute Gasteiger partial charge is 0.410 e. The van der Waals surface area contributed by atoms with E-state index < -0.39 is 30.2 Å². The molecule has 1 heterocycles. The molecular formula is C11H20F2N2O2. The molecule has 0 aromatic rings. The number of halogens is 2. The van der Waals surface area contributed by atoms with Crippen molar-refractivity contribution in [2.75, 3.05) is 13.1 Å². The first-order valence-electron chi connectivity index (χ1n) is 5.70. The van der Waals surface area contributed by atoms with E-state index in [0.717, 1.165) is 4.90 Å². The Morgan fingerprint density at radius 1 is 1.47 bits per heavy atom. The topological polar surface area (TPSA) is 55.6 Å². The summed E-state index contributed by atoms with van der Waals surface area (Å²) in [5.41, 5.74) is 4.97. The second kappa shape index (κ2) is 4.76. The fourth-order valence-electron chi connectivity index (χ4n) is 1.66. The number of alkyl halides is 2. The van der Waals surface area contributed by atoms with Crippen molar-refractivity contribution in [1.29, 1.82) is 0 Å². The van der Waals surface area contributed by atoms with Gasteiger partial charge in [0.2, 0.25) is 0 Å². The zero-order chi connectivity index (χ0) is 13.3. The lowest BCUT2D eigenvalue weighted by Crippen LogP contribution is -2.45. The monoisotopic (exact) mass is 250 g/mol. The molecule has 1 aliphatic heterocycles. The van der Waals surface area contributed by atoms with Crippen molar-refractivity contribution in [2.24, 2.45) is 5.73 Å². The number of amides is 1. The Hall–Kier alpha value is -0.910. The van der Waals surface area contributed by atoms with Gasteiger partial charge in [-0.2, -0.15) is 0 Å². The van der Waals surface area contributed by atoms with Crippen molar-refractivity contribution >= 4 is 6.09 Å². The molecule has 1 aliphatic rings. The van der Waals surface area contributed by atoms with E-state index >= 15 is 0 Å². The molecule has 0 radical (unpaired) electrons. The van der Waals surface area contributed by atoms with Crippen molar-refractivity contribution in [3.05, 3.63) is 0 Å². The first-order chi connectivity index (χ1) is 7.59. The Morgan fingerprint density at radius 2 is 2.06 bits per heavy atom. The largest absolute Gasteiger partial charge is 0.444 e. The molecule has 17 heavy (non-hydrogen) atoms. The minimum absolute atomic E-state index is 0.116. The SMILES string of the molecule is CC(C)(C)OC(=O)N1CC(N)CCC(F)(F)C1.